The molecule has 3 aromatic rings. The number of ether oxygens (including phenoxy) is 1. The molecule has 2 aromatic carbocycles. The van der Waals surface area contributed by atoms with Crippen LogP contribution in [0, 0.1) is 5.92 Å². The predicted octanol–water partition coefficient (Wildman–Crippen LogP) is 4.07. The number of hydrogen-bond donors (Lipinski definition) is 2. The Labute approximate surface area is 149 Å². The van der Waals surface area contributed by atoms with Gasteiger partial charge in [0.1, 0.15) is 17.3 Å². The number of carboxylic acids is 1. The maximum Gasteiger partial charge on any atom is 0.336 e. The number of fused-ring (bicyclic) bond motifs is 1. The predicted molar refractivity (Wildman–Crippen MR) is 96.6 cm³/mol. The van der Waals surface area contributed by atoms with Crippen molar-refractivity contribution in [3.8, 4) is 11.5 Å². The molecule has 1 aliphatic rings. The molecule has 6 heteroatoms. The van der Waals surface area contributed by atoms with Crippen LogP contribution in [-0.2, 0) is 4.79 Å². The Morgan fingerprint density at radius 3 is 2.65 bits per heavy atom. The molecule has 1 fully saturated rings. The molecule has 130 valence electrons. The number of aromatic carboxylic acids is 1. The van der Waals surface area contributed by atoms with Gasteiger partial charge < -0.3 is 15.2 Å². The maximum absolute atomic E-state index is 11.8. The molecule has 0 bridgehead atoms. The van der Waals surface area contributed by atoms with E-state index in [1.165, 1.54) is 0 Å². The van der Waals surface area contributed by atoms with Gasteiger partial charge in [-0.05, 0) is 53.9 Å². The van der Waals surface area contributed by atoms with Gasteiger partial charge in [0.2, 0.25) is 5.91 Å². The maximum atomic E-state index is 11.8. The van der Waals surface area contributed by atoms with Gasteiger partial charge in [0.25, 0.3) is 0 Å². The number of rotatable bonds is 5. The van der Waals surface area contributed by atoms with Crippen molar-refractivity contribution >= 4 is 28.5 Å². The Morgan fingerprint density at radius 1 is 1.08 bits per heavy atom. The summed E-state index contributed by atoms with van der Waals surface area (Å²) in [6.45, 7) is 0. The fourth-order valence-electron chi connectivity index (χ4n) is 2.76. The third-order valence-electron chi connectivity index (χ3n) is 4.25. The van der Waals surface area contributed by atoms with Gasteiger partial charge in [-0.1, -0.05) is 12.1 Å². The highest BCUT2D eigenvalue weighted by molar-refractivity contribution is 6.03. The van der Waals surface area contributed by atoms with Crippen LogP contribution < -0.4 is 10.1 Å². The van der Waals surface area contributed by atoms with Gasteiger partial charge in [-0.3, -0.25) is 4.79 Å². The van der Waals surface area contributed by atoms with Gasteiger partial charge in [-0.25, -0.2) is 9.78 Å². The van der Waals surface area contributed by atoms with Gasteiger partial charge in [-0.15, -0.1) is 0 Å². The zero-order valence-corrected chi connectivity index (χ0v) is 13.8. The summed E-state index contributed by atoms with van der Waals surface area (Å²) in [4.78, 5) is 27.3. The summed E-state index contributed by atoms with van der Waals surface area (Å²) < 4.78 is 5.85. The van der Waals surface area contributed by atoms with E-state index in [4.69, 9.17) is 4.74 Å². The van der Waals surface area contributed by atoms with Crippen LogP contribution in [0.15, 0.2) is 54.7 Å². The molecule has 0 spiro atoms. The molecular weight excluding hydrogens is 332 g/mol. The topological polar surface area (TPSA) is 88.5 Å². The molecule has 0 radical (unpaired) electrons. The summed E-state index contributed by atoms with van der Waals surface area (Å²) in [7, 11) is 0. The van der Waals surface area contributed by atoms with Gasteiger partial charge >= 0.3 is 5.97 Å². The number of nitrogens with zero attached hydrogens (tertiary/aromatic N) is 1. The van der Waals surface area contributed by atoms with Crippen molar-refractivity contribution in [2.24, 2.45) is 5.92 Å². The van der Waals surface area contributed by atoms with Crippen LogP contribution >= 0.6 is 0 Å². The quantitative estimate of drug-likeness (QED) is 0.725. The minimum atomic E-state index is -0.963. The number of nitrogens with one attached hydrogen (secondary N) is 1. The van der Waals surface area contributed by atoms with E-state index in [0.717, 1.165) is 18.2 Å². The summed E-state index contributed by atoms with van der Waals surface area (Å²) >= 11 is 0. The Balaban J connectivity index is 1.57. The first-order valence-corrected chi connectivity index (χ1v) is 8.31. The molecule has 2 N–H and O–H groups in total. The Morgan fingerprint density at radius 2 is 1.88 bits per heavy atom. The molecule has 1 amide bonds. The number of amides is 1. The Hall–Kier alpha value is -3.41. The van der Waals surface area contributed by atoms with E-state index >= 15 is 0 Å². The van der Waals surface area contributed by atoms with Crippen molar-refractivity contribution < 1.29 is 19.4 Å². The van der Waals surface area contributed by atoms with E-state index in [9.17, 15) is 14.7 Å². The second-order valence-corrected chi connectivity index (χ2v) is 6.24. The van der Waals surface area contributed by atoms with Gasteiger partial charge in [0, 0.05) is 18.2 Å². The number of pyridine rings is 1. The summed E-state index contributed by atoms with van der Waals surface area (Å²) in [6.07, 6.45) is 3.43. The third kappa shape index (κ3) is 3.35. The molecule has 1 heterocycles. The average Bonchev–Trinajstić information content (AvgIpc) is 3.46. The van der Waals surface area contributed by atoms with Crippen LogP contribution in [0.25, 0.3) is 10.8 Å². The number of anilines is 1. The lowest BCUT2D eigenvalue weighted by Gasteiger charge is -2.09. The Kier molecular flexibility index (Phi) is 4.01. The minimum absolute atomic E-state index is 0.0124. The van der Waals surface area contributed by atoms with Gasteiger partial charge in [0.05, 0.1) is 5.56 Å². The van der Waals surface area contributed by atoms with Crippen molar-refractivity contribution in [3.05, 3.63) is 60.3 Å². The van der Waals surface area contributed by atoms with Crippen molar-refractivity contribution in [3.63, 3.8) is 0 Å². The molecule has 26 heavy (non-hydrogen) atoms. The van der Waals surface area contributed by atoms with E-state index in [1.54, 1.807) is 48.7 Å². The van der Waals surface area contributed by atoms with Crippen molar-refractivity contribution in [2.45, 2.75) is 12.8 Å². The van der Waals surface area contributed by atoms with Crippen molar-refractivity contribution in [1.29, 1.82) is 0 Å². The molecular formula is C20H16N2O4. The van der Waals surface area contributed by atoms with E-state index in [0.29, 0.717) is 22.7 Å². The highest BCUT2D eigenvalue weighted by atomic mass is 16.5. The van der Waals surface area contributed by atoms with Crippen LogP contribution in [-0.4, -0.2) is 22.0 Å². The van der Waals surface area contributed by atoms with Crippen LogP contribution in [0.5, 0.6) is 11.5 Å². The lowest BCUT2D eigenvalue weighted by molar-refractivity contribution is -0.117. The molecule has 0 saturated heterocycles. The number of carbonyl (C=O) groups is 2. The molecule has 1 aromatic heterocycles. The normalized spacial score (nSPS) is 13.4. The Bertz CT molecular complexity index is 1010. The van der Waals surface area contributed by atoms with Crippen LogP contribution in [0.4, 0.5) is 5.82 Å². The standard InChI is InChI=1S/C20H16N2O4/c23-19(12-4-5-12)22-18-11-15(8-9-21-18)26-14-6-7-16-13(10-14)2-1-3-17(16)20(24)25/h1-3,6-12H,4-5H2,(H,24,25)(H,21,22,23). The van der Waals surface area contributed by atoms with E-state index in [1.807, 2.05) is 6.07 Å². The zero-order valence-electron chi connectivity index (χ0n) is 13.8. The summed E-state index contributed by atoms with van der Waals surface area (Å²) in [5.74, 6) is 0.695. The highest BCUT2D eigenvalue weighted by Crippen LogP contribution is 2.31. The zero-order chi connectivity index (χ0) is 18.1. The van der Waals surface area contributed by atoms with Gasteiger partial charge in [0.15, 0.2) is 0 Å². The number of benzene rings is 2. The van der Waals surface area contributed by atoms with E-state index in [-0.39, 0.29) is 17.4 Å². The summed E-state index contributed by atoms with van der Waals surface area (Å²) in [6, 6.07) is 13.7. The lowest BCUT2D eigenvalue weighted by Crippen LogP contribution is -2.14. The summed E-state index contributed by atoms with van der Waals surface area (Å²) in [5.41, 5.74) is 0.253. The van der Waals surface area contributed by atoms with Crippen molar-refractivity contribution in [2.75, 3.05) is 5.32 Å². The van der Waals surface area contributed by atoms with Crippen LogP contribution in [0.2, 0.25) is 0 Å². The van der Waals surface area contributed by atoms with Crippen molar-refractivity contribution in [1.82, 2.24) is 4.98 Å². The number of carbonyl (C=O) groups excluding carboxylic acids is 1. The molecule has 4 rings (SSSR count). The average molecular weight is 348 g/mol. The van der Waals surface area contributed by atoms with E-state index in [2.05, 4.69) is 10.3 Å². The first-order valence-electron chi connectivity index (χ1n) is 8.31. The third-order valence-corrected chi connectivity index (χ3v) is 4.25. The molecule has 1 aliphatic carbocycles. The van der Waals surface area contributed by atoms with Crippen LogP contribution in [0.3, 0.4) is 0 Å². The SMILES string of the molecule is O=C(O)c1cccc2cc(Oc3ccnc(NC(=O)C4CC4)c3)ccc12. The lowest BCUT2D eigenvalue weighted by atomic mass is 10.0. The number of aromatic nitrogens is 1. The molecule has 0 atom stereocenters. The summed E-state index contributed by atoms with van der Waals surface area (Å²) in [5, 5.41) is 13.5. The fraction of sp³-hybridized carbons (Fsp3) is 0.150. The monoisotopic (exact) mass is 348 g/mol. The first-order chi connectivity index (χ1) is 12.6. The van der Waals surface area contributed by atoms with E-state index < -0.39 is 5.97 Å². The smallest absolute Gasteiger partial charge is 0.336 e. The second kappa shape index (κ2) is 6.48. The number of hydrogen-bond acceptors (Lipinski definition) is 4. The first kappa shape index (κ1) is 16.1. The van der Waals surface area contributed by atoms with Gasteiger partial charge in [-0.2, -0.15) is 0 Å². The minimum Gasteiger partial charge on any atom is -0.478 e. The fourth-order valence-corrected chi connectivity index (χ4v) is 2.76. The second-order valence-electron chi connectivity index (χ2n) is 6.24. The van der Waals surface area contributed by atoms with Crippen LogP contribution in [0.1, 0.15) is 23.2 Å². The number of carboxylic acid groups (broad SMARTS) is 1. The molecule has 0 unspecified atom stereocenters. The molecule has 6 nitrogen and oxygen atoms in total. The largest absolute Gasteiger partial charge is 0.478 e. The molecule has 1 saturated carbocycles. The highest BCUT2D eigenvalue weighted by Gasteiger charge is 2.29. The molecule has 0 aliphatic heterocycles.